The molecule has 1 saturated heterocycles. The van der Waals surface area contributed by atoms with E-state index in [0.29, 0.717) is 19.6 Å². The first-order chi connectivity index (χ1) is 10.8. The molecule has 0 saturated carbocycles. The van der Waals surface area contributed by atoms with E-state index in [2.05, 4.69) is 5.32 Å². The summed E-state index contributed by atoms with van der Waals surface area (Å²) in [6, 6.07) is 6.19. The quantitative estimate of drug-likeness (QED) is 0.894. The highest BCUT2D eigenvalue weighted by atomic mass is 19.4. The lowest BCUT2D eigenvalue weighted by atomic mass is 10.2. The van der Waals surface area contributed by atoms with E-state index < -0.39 is 12.8 Å². The van der Waals surface area contributed by atoms with Gasteiger partial charge in [-0.25, -0.2) is 0 Å². The zero-order valence-corrected chi connectivity index (χ0v) is 12.7. The number of hydrogen-bond acceptors (Lipinski definition) is 4. The zero-order valence-electron chi connectivity index (χ0n) is 12.7. The monoisotopic (exact) mass is 332 g/mol. The Hall–Kier alpha value is -1.96. The van der Waals surface area contributed by atoms with Crippen molar-refractivity contribution in [1.29, 1.82) is 0 Å². The molecule has 0 aliphatic carbocycles. The number of amides is 1. The van der Waals surface area contributed by atoms with Gasteiger partial charge in [-0.15, -0.1) is 0 Å². The van der Waals surface area contributed by atoms with Crippen molar-refractivity contribution in [3.8, 4) is 11.5 Å². The Balaban J connectivity index is 1.91. The largest absolute Gasteiger partial charge is 0.480 e. The summed E-state index contributed by atoms with van der Waals surface area (Å²) in [5.41, 5.74) is 0. The van der Waals surface area contributed by atoms with Gasteiger partial charge in [0, 0.05) is 25.7 Å². The first-order valence-electron chi connectivity index (χ1n) is 7.28. The minimum Gasteiger partial charge on any atom is -0.480 e. The van der Waals surface area contributed by atoms with Gasteiger partial charge >= 0.3 is 6.18 Å². The lowest BCUT2D eigenvalue weighted by molar-refractivity contribution is -0.153. The fourth-order valence-corrected chi connectivity index (χ4v) is 2.24. The van der Waals surface area contributed by atoms with Gasteiger partial charge in [-0.05, 0) is 19.1 Å². The van der Waals surface area contributed by atoms with Gasteiger partial charge in [-0.3, -0.25) is 4.79 Å². The van der Waals surface area contributed by atoms with Crippen molar-refractivity contribution < 1.29 is 27.4 Å². The maximum atomic E-state index is 12.2. The van der Waals surface area contributed by atoms with Crippen LogP contribution in [-0.2, 0) is 4.79 Å². The highest BCUT2D eigenvalue weighted by Crippen LogP contribution is 2.28. The van der Waals surface area contributed by atoms with Gasteiger partial charge in [0.25, 0.3) is 5.91 Å². The van der Waals surface area contributed by atoms with Crippen LogP contribution in [0.4, 0.5) is 13.2 Å². The van der Waals surface area contributed by atoms with E-state index in [1.165, 1.54) is 12.1 Å². The van der Waals surface area contributed by atoms with E-state index in [1.807, 2.05) is 6.92 Å². The Morgan fingerprint density at radius 1 is 1.30 bits per heavy atom. The molecule has 0 aromatic heterocycles. The molecular formula is C15H19F3N2O3. The first-order valence-corrected chi connectivity index (χ1v) is 7.28. The van der Waals surface area contributed by atoms with Gasteiger partial charge in [0.1, 0.15) is 0 Å². The summed E-state index contributed by atoms with van der Waals surface area (Å²) in [5, 5.41) is 3.22. The fourth-order valence-electron chi connectivity index (χ4n) is 2.24. The topological polar surface area (TPSA) is 50.8 Å². The van der Waals surface area contributed by atoms with Gasteiger partial charge in [-0.1, -0.05) is 12.1 Å². The van der Waals surface area contributed by atoms with Crippen LogP contribution in [0.1, 0.15) is 6.92 Å². The molecule has 0 radical (unpaired) electrons. The van der Waals surface area contributed by atoms with E-state index in [9.17, 15) is 18.0 Å². The van der Waals surface area contributed by atoms with Crippen LogP contribution >= 0.6 is 0 Å². The van der Waals surface area contributed by atoms with Crippen molar-refractivity contribution in [2.75, 3.05) is 32.8 Å². The van der Waals surface area contributed by atoms with Gasteiger partial charge in [0.15, 0.2) is 24.7 Å². The molecule has 8 heteroatoms. The van der Waals surface area contributed by atoms with Crippen molar-refractivity contribution in [2.45, 2.75) is 19.1 Å². The molecule has 128 valence electrons. The summed E-state index contributed by atoms with van der Waals surface area (Å²) < 4.78 is 46.8. The van der Waals surface area contributed by atoms with Crippen LogP contribution in [0.15, 0.2) is 24.3 Å². The van der Waals surface area contributed by atoms with Crippen LogP contribution in [0.5, 0.6) is 11.5 Å². The summed E-state index contributed by atoms with van der Waals surface area (Å²) in [7, 11) is 0. The average molecular weight is 332 g/mol. The first kappa shape index (κ1) is 17.4. The normalized spacial score (nSPS) is 18.6. The van der Waals surface area contributed by atoms with E-state index in [1.54, 1.807) is 17.0 Å². The molecule has 1 fully saturated rings. The van der Waals surface area contributed by atoms with Crippen LogP contribution in [-0.4, -0.2) is 55.9 Å². The molecule has 0 bridgehead atoms. The van der Waals surface area contributed by atoms with Gasteiger partial charge < -0.3 is 19.7 Å². The third-order valence-corrected chi connectivity index (χ3v) is 3.31. The third-order valence-electron chi connectivity index (χ3n) is 3.31. The standard InChI is InChI=1S/C15H19F3N2O3/c1-11-8-20(7-6-19-11)14(21)9-22-12-4-2-3-5-13(12)23-10-15(16,17)18/h2-5,11,19H,6-10H2,1H3/t11-/m0/s1. The second kappa shape index (κ2) is 7.54. The number of nitrogens with one attached hydrogen (secondary N) is 1. The smallest absolute Gasteiger partial charge is 0.422 e. The van der Waals surface area contributed by atoms with Crippen LogP contribution in [0.25, 0.3) is 0 Å². The van der Waals surface area contributed by atoms with Gasteiger partial charge in [0.2, 0.25) is 0 Å². The number of carbonyl (C=O) groups is 1. The molecular weight excluding hydrogens is 313 g/mol. The van der Waals surface area contributed by atoms with Crippen LogP contribution in [0.2, 0.25) is 0 Å². The molecule has 5 nitrogen and oxygen atoms in total. The average Bonchev–Trinajstić information content (AvgIpc) is 2.50. The molecule has 1 aliphatic rings. The minimum absolute atomic E-state index is 0.0358. The van der Waals surface area contributed by atoms with Crippen molar-refractivity contribution in [3.05, 3.63) is 24.3 Å². The maximum absolute atomic E-state index is 12.2. The predicted octanol–water partition coefficient (Wildman–Crippen LogP) is 1.83. The number of ether oxygens (including phenoxy) is 2. The number of para-hydroxylation sites is 2. The van der Waals surface area contributed by atoms with Crippen LogP contribution in [0, 0.1) is 0 Å². The van der Waals surface area contributed by atoms with Crippen molar-refractivity contribution in [2.24, 2.45) is 0 Å². The van der Waals surface area contributed by atoms with Crippen LogP contribution in [0.3, 0.4) is 0 Å². The molecule has 1 N–H and O–H groups in total. The molecule has 1 atom stereocenters. The minimum atomic E-state index is -4.43. The summed E-state index contributed by atoms with van der Waals surface area (Å²) in [6.45, 7) is 2.20. The summed E-state index contributed by atoms with van der Waals surface area (Å²) in [4.78, 5) is 13.8. The zero-order chi connectivity index (χ0) is 16.9. The second-order valence-electron chi connectivity index (χ2n) is 5.33. The van der Waals surface area contributed by atoms with E-state index >= 15 is 0 Å². The lowest BCUT2D eigenvalue weighted by Gasteiger charge is -2.31. The van der Waals surface area contributed by atoms with Gasteiger partial charge in [0.05, 0.1) is 0 Å². The van der Waals surface area contributed by atoms with E-state index in [-0.39, 0.29) is 30.1 Å². The third kappa shape index (κ3) is 5.63. The fraction of sp³-hybridized carbons (Fsp3) is 0.533. The summed E-state index contributed by atoms with van der Waals surface area (Å²) >= 11 is 0. The molecule has 0 spiro atoms. The number of alkyl halides is 3. The van der Waals surface area contributed by atoms with Crippen molar-refractivity contribution in [1.82, 2.24) is 10.2 Å². The SMILES string of the molecule is C[C@H]1CN(C(=O)COc2ccccc2OCC(F)(F)F)CCN1. The predicted molar refractivity (Wildman–Crippen MR) is 77.5 cm³/mol. The number of hydrogen-bond donors (Lipinski definition) is 1. The highest BCUT2D eigenvalue weighted by Gasteiger charge is 2.29. The number of rotatable bonds is 5. The molecule has 0 unspecified atom stereocenters. The molecule has 2 rings (SSSR count). The van der Waals surface area contributed by atoms with Crippen LogP contribution < -0.4 is 14.8 Å². The molecule has 1 heterocycles. The number of halogens is 3. The number of nitrogens with zero attached hydrogens (tertiary/aromatic N) is 1. The number of carbonyl (C=O) groups excluding carboxylic acids is 1. The number of piperazine rings is 1. The Morgan fingerprint density at radius 3 is 2.57 bits per heavy atom. The molecule has 1 aliphatic heterocycles. The molecule has 1 amide bonds. The molecule has 1 aromatic carbocycles. The Labute approximate surface area is 132 Å². The van der Waals surface area contributed by atoms with Gasteiger partial charge in [-0.2, -0.15) is 13.2 Å². The summed E-state index contributed by atoms with van der Waals surface area (Å²) in [5.74, 6) is -0.122. The van der Waals surface area contributed by atoms with E-state index in [0.717, 1.165) is 0 Å². The summed E-state index contributed by atoms with van der Waals surface area (Å²) in [6.07, 6.45) is -4.43. The Kier molecular flexibility index (Phi) is 5.70. The van der Waals surface area contributed by atoms with E-state index in [4.69, 9.17) is 9.47 Å². The highest BCUT2D eigenvalue weighted by molar-refractivity contribution is 5.78. The van der Waals surface area contributed by atoms with Crippen molar-refractivity contribution in [3.63, 3.8) is 0 Å². The second-order valence-corrected chi connectivity index (χ2v) is 5.33. The molecule has 1 aromatic rings. The van der Waals surface area contributed by atoms with Crippen molar-refractivity contribution >= 4 is 5.91 Å². The molecule has 23 heavy (non-hydrogen) atoms. The Morgan fingerprint density at radius 2 is 1.96 bits per heavy atom. The lowest BCUT2D eigenvalue weighted by Crippen LogP contribution is -2.52. The maximum Gasteiger partial charge on any atom is 0.422 e. The number of benzene rings is 1. The Bertz CT molecular complexity index is 537.